The van der Waals surface area contributed by atoms with E-state index in [4.69, 9.17) is 9.47 Å². The average Bonchev–Trinajstić information content (AvgIpc) is 3.18. The third-order valence-corrected chi connectivity index (χ3v) is 3.74. The Morgan fingerprint density at radius 1 is 0.800 bits per heavy atom. The lowest BCUT2D eigenvalue weighted by Gasteiger charge is -2.17. The zero-order chi connectivity index (χ0) is 17.9. The summed E-state index contributed by atoms with van der Waals surface area (Å²) in [5.41, 5.74) is 0.574. The molecular formula is C17H15N4O4+. The first-order chi connectivity index (χ1) is 12.1. The van der Waals surface area contributed by atoms with E-state index in [-0.39, 0.29) is 11.1 Å². The fraction of sp³-hybridized carbons (Fsp3) is 0.118. The maximum absolute atomic E-state index is 12.9. The summed E-state index contributed by atoms with van der Waals surface area (Å²) in [6.45, 7) is 0. The van der Waals surface area contributed by atoms with Crippen LogP contribution in [-0.2, 0) is 0 Å². The molecule has 0 saturated heterocycles. The van der Waals surface area contributed by atoms with E-state index in [1.807, 2.05) is 0 Å². The second-order valence-corrected chi connectivity index (χ2v) is 5.16. The van der Waals surface area contributed by atoms with Crippen molar-refractivity contribution in [2.24, 2.45) is 15.5 Å². The molecule has 0 spiro atoms. The monoisotopic (exact) mass is 339 g/mol. The van der Waals surface area contributed by atoms with Gasteiger partial charge in [-0.15, -0.1) is 0 Å². The number of methoxy groups -OCH3 is 2. The molecule has 0 unspecified atom stereocenters. The lowest BCUT2D eigenvalue weighted by molar-refractivity contribution is -0.668. The van der Waals surface area contributed by atoms with Gasteiger partial charge in [0.15, 0.2) is 0 Å². The minimum Gasteiger partial charge on any atom is -0.497 e. The maximum atomic E-state index is 12.9. The van der Waals surface area contributed by atoms with Gasteiger partial charge in [0.1, 0.15) is 11.5 Å². The highest BCUT2D eigenvalue weighted by Gasteiger charge is 2.49. The Hall–Kier alpha value is -3.39. The number of carbonyl (C=O) groups is 2. The van der Waals surface area contributed by atoms with Gasteiger partial charge in [0.25, 0.3) is 6.34 Å². The molecule has 1 aliphatic rings. The van der Waals surface area contributed by atoms with Gasteiger partial charge in [-0.1, -0.05) is 5.10 Å². The number of carbonyl (C=O) groups excluding carboxylic acids is 2. The zero-order valence-corrected chi connectivity index (χ0v) is 13.6. The number of hydrogen-bond donors (Lipinski definition) is 0. The number of rotatable bonds is 4. The molecule has 0 aromatic heterocycles. The van der Waals surface area contributed by atoms with Gasteiger partial charge < -0.3 is 9.47 Å². The van der Waals surface area contributed by atoms with Crippen molar-refractivity contribution in [3.05, 3.63) is 59.7 Å². The lowest BCUT2D eigenvalue weighted by Crippen LogP contribution is -2.50. The topological polar surface area (TPSA) is 89.7 Å². The molecule has 8 heteroatoms. The van der Waals surface area contributed by atoms with Crippen LogP contribution in [-0.4, -0.2) is 37.0 Å². The van der Waals surface area contributed by atoms with Gasteiger partial charge in [0, 0.05) is 9.82 Å². The second kappa shape index (κ2) is 6.62. The van der Waals surface area contributed by atoms with Crippen molar-refractivity contribution in [2.45, 2.75) is 0 Å². The highest BCUT2D eigenvalue weighted by atomic mass is 16.5. The Morgan fingerprint density at radius 3 is 1.56 bits per heavy atom. The molecule has 3 rings (SSSR count). The summed E-state index contributed by atoms with van der Waals surface area (Å²) in [5.74, 6) is 0.0736. The largest absolute Gasteiger partial charge is 0.497 e. The molecule has 0 atom stereocenters. The standard InChI is InChI=1S/C17H15N4O4/c1-24-14-7-3-12(4-8-14)16(22)21(11-18-19-20-21)17(23)13-5-9-15(25-2)10-6-13/h3-11H,1-2H3/q+1. The average molecular weight is 339 g/mol. The van der Waals surface area contributed by atoms with Gasteiger partial charge in [-0.3, -0.25) is 0 Å². The van der Waals surface area contributed by atoms with E-state index in [9.17, 15) is 9.59 Å². The molecule has 0 saturated carbocycles. The van der Waals surface area contributed by atoms with Crippen LogP contribution in [0.15, 0.2) is 64.1 Å². The first-order valence-corrected chi connectivity index (χ1v) is 7.34. The van der Waals surface area contributed by atoms with E-state index in [1.165, 1.54) is 14.2 Å². The van der Waals surface area contributed by atoms with Gasteiger partial charge in [-0.2, -0.15) is 0 Å². The number of amides is 2. The van der Waals surface area contributed by atoms with Crippen molar-refractivity contribution in [1.82, 2.24) is 0 Å². The molecule has 2 aromatic carbocycles. The normalized spacial score (nSPS) is 14.3. The summed E-state index contributed by atoms with van der Waals surface area (Å²) >= 11 is 0. The highest BCUT2D eigenvalue weighted by Crippen LogP contribution is 2.24. The summed E-state index contributed by atoms with van der Waals surface area (Å²) in [4.78, 5) is 25.9. The molecule has 2 amide bonds. The van der Waals surface area contributed by atoms with E-state index < -0.39 is 16.4 Å². The Balaban J connectivity index is 1.97. The molecule has 126 valence electrons. The van der Waals surface area contributed by atoms with Gasteiger partial charge in [0.2, 0.25) is 0 Å². The third-order valence-electron chi connectivity index (χ3n) is 3.74. The molecule has 0 bridgehead atoms. The first kappa shape index (κ1) is 16.5. The molecule has 2 aromatic rings. The van der Waals surface area contributed by atoms with E-state index in [0.717, 1.165) is 6.34 Å². The van der Waals surface area contributed by atoms with Crippen molar-refractivity contribution in [2.75, 3.05) is 14.2 Å². The predicted octanol–water partition coefficient (Wildman–Crippen LogP) is 2.83. The minimum atomic E-state index is -0.987. The maximum Gasteiger partial charge on any atom is 0.387 e. The fourth-order valence-corrected chi connectivity index (χ4v) is 2.35. The number of quaternary nitrogens is 1. The van der Waals surface area contributed by atoms with E-state index in [0.29, 0.717) is 11.5 Å². The Labute approximate surface area is 143 Å². The molecule has 8 nitrogen and oxygen atoms in total. The second-order valence-electron chi connectivity index (χ2n) is 5.16. The predicted molar refractivity (Wildman–Crippen MR) is 88.3 cm³/mol. The van der Waals surface area contributed by atoms with Crippen LogP contribution in [0.3, 0.4) is 0 Å². The third kappa shape index (κ3) is 2.90. The summed E-state index contributed by atoms with van der Waals surface area (Å²) in [6.07, 6.45) is 1.11. The molecular weight excluding hydrogens is 324 g/mol. The minimum absolute atomic E-state index is 0.287. The Kier molecular flexibility index (Phi) is 4.36. The van der Waals surface area contributed by atoms with Crippen LogP contribution in [0.4, 0.5) is 0 Å². The smallest absolute Gasteiger partial charge is 0.387 e. The van der Waals surface area contributed by atoms with E-state index in [2.05, 4.69) is 15.5 Å². The van der Waals surface area contributed by atoms with E-state index >= 15 is 0 Å². The number of nitrogens with zero attached hydrogens (tertiary/aromatic N) is 4. The van der Waals surface area contributed by atoms with Crippen molar-refractivity contribution >= 4 is 18.2 Å². The van der Waals surface area contributed by atoms with Crippen LogP contribution in [0.2, 0.25) is 0 Å². The molecule has 0 radical (unpaired) electrons. The zero-order valence-electron chi connectivity index (χ0n) is 13.6. The van der Waals surface area contributed by atoms with E-state index in [1.54, 1.807) is 48.5 Å². The number of hydrogen-bond acceptors (Lipinski definition) is 7. The molecule has 1 heterocycles. The number of benzene rings is 2. The fourth-order valence-electron chi connectivity index (χ4n) is 2.35. The van der Waals surface area contributed by atoms with Crippen LogP contribution in [0.25, 0.3) is 0 Å². The molecule has 1 aliphatic heterocycles. The number of imide groups is 1. The van der Waals surface area contributed by atoms with Crippen molar-refractivity contribution in [1.29, 1.82) is 0 Å². The quantitative estimate of drug-likeness (QED) is 0.633. The summed E-state index contributed by atoms with van der Waals surface area (Å²) < 4.78 is 9.16. The van der Waals surface area contributed by atoms with Crippen molar-refractivity contribution in [3.8, 4) is 11.5 Å². The summed E-state index contributed by atoms with van der Waals surface area (Å²) in [5, 5.41) is 10.9. The van der Waals surface area contributed by atoms with Gasteiger partial charge in [-0.25, -0.2) is 9.59 Å². The first-order valence-electron chi connectivity index (χ1n) is 7.34. The molecule has 0 aliphatic carbocycles. The van der Waals surface area contributed by atoms with Gasteiger partial charge >= 0.3 is 11.8 Å². The van der Waals surface area contributed by atoms with Crippen LogP contribution in [0.5, 0.6) is 11.5 Å². The Bertz CT molecular complexity index is 784. The van der Waals surface area contributed by atoms with Crippen molar-refractivity contribution < 1.29 is 23.7 Å². The lowest BCUT2D eigenvalue weighted by atomic mass is 10.1. The summed E-state index contributed by atoms with van der Waals surface area (Å²) in [7, 11) is 3.05. The highest BCUT2D eigenvalue weighted by molar-refractivity contribution is 6.06. The number of ether oxygens (including phenoxy) is 2. The molecule has 0 N–H and O–H groups in total. The molecule has 0 fully saturated rings. The van der Waals surface area contributed by atoms with Crippen LogP contribution < -0.4 is 9.47 Å². The van der Waals surface area contributed by atoms with Crippen LogP contribution in [0.1, 0.15) is 20.7 Å². The molecule has 25 heavy (non-hydrogen) atoms. The van der Waals surface area contributed by atoms with Crippen molar-refractivity contribution in [3.63, 3.8) is 0 Å². The Morgan fingerprint density at radius 2 is 1.24 bits per heavy atom. The van der Waals surface area contributed by atoms with Gasteiger partial charge in [0.05, 0.1) is 30.6 Å². The SMILES string of the molecule is COc1ccc(C(=O)[N+]2(C(=O)c3ccc(OC)cc3)C=NN=N2)cc1. The van der Waals surface area contributed by atoms with Crippen LogP contribution in [0, 0.1) is 0 Å². The summed E-state index contributed by atoms with van der Waals surface area (Å²) in [6, 6.07) is 12.8. The van der Waals surface area contributed by atoms with Gasteiger partial charge in [-0.05, 0) is 48.5 Å². The van der Waals surface area contributed by atoms with Crippen LogP contribution >= 0.6 is 0 Å².